The van der Waals surface area contributed by atoms with Gasteiger partial charge in [-0.1, -0.05) is 40.9 Å². The number of hydrogen-bond acceptors (Lipinski definition) is 3. The van der Waals surface area contributed by atoms with Crippen LogP contribution in [0.4, 0.5) is 0 Å². The van der Waals surface area contributed by atoms with E-state index in [1.165, 1.54) is 6.33 Å². The number of halogens is 3. The topological polar surface area (TPSA) is 43.6 Å². The third-order valence-corrected chi connectivity index (χ3v) is 3.72. The number of aromatic nitrogens is 4. The molecular formula is C12H7Cl3N4. The van der Waals surface area contributed by atoms with E-state index in [2.05, 4.69) is 15.0 Å². The highest BCUT2D eigenvalue weighted by Gasteiger charge is 2.09. The van der Waals surface area contributed by atoms with Crippen LogP contribution in [0.3, 0.4) is 0 Å². The second-order valence-electron chi connectivity index (χ2n) is 3.96. The van der Waals surface area contributed by atoms with Gasteiger partial charge in [-0.2, -0.15) is 0 Å². The summed E-state index contributed by atoms with van der Waals surface area (Å²) in [6, 6.07) is 5.47. The SMILES string of the molecule is Clc1ccc(Cn2cnc3ncnc(Cl)c32)cc1Cl. The van der Waals surface area contributed by atoms with E-state index >= 15 is 0 Å². The van der Waals surface area contributed by atoms with Gasteiger partial charge in [0.25, 0.3) is 0 Å². The first-order chi connectivity index (χ1) is 9.15. The minimum atomic E-state index is 0.377. The predicted molar refractivity (Wildman–Crippen MR) is 75.9 cm³/mol. The molecule has 0 spiro atoms. The van der Waals surface area contributed by atoms with Gasteiger partial charge in [0.2, 0.25) is 0 Å². The highest BCUT2D eigenvalue weighted by Crippen LogP contribution is 2.24. The molecule has 2 heterocycles. The van der Waals surface area contributed by atoms with Gasteiger partial charge in [-0.05, 0) is 17.7 Å². The third kappa shape index (κ3) is 2.39. The van der Waals surface area contributed by atoms with Gasteiger partial charge in [-0.25, -0.2) is 15.0 Å². The first-order valence-electron chi connectivity index (χ1n) is 5.40. The fraction of sp³-hybridized carbons (Fsp3) is 0.0833. The van der Waals surface area contributed by atoms with Crippen molar-refractivity contribution in [3.8, 4) is 0 Å². The van der Waals surface area contributed by atoms with Crippen LogP contribution in [-0.2, 0) is 6.54 Å². The number of rotatable bonds is 2. The monoisotopic (exact) mass is 312 g/mol. The fourth-order valence-electron chi connectivity index (χ4n) is 1.83. The molecule has 0 N–H and O–H groups in total. The summed E-state index contributed by atoms with van der Waals surface area (Å²) in [6.07, 6.45) is 3.06. The Morgan fingerprint density at radius 2 is 1.84 bits per heavy atom. The van der Waals surface area contributed by atoms with Crippen molar-refractivity contribution in [1.29, 1.82) is 0 Å². The molecule has 0 bridgehead atoms. The van der Waals surface area contributed by atoms with Gasteiger partial charge in [0, 0.05) is 6.54 Å². The second kappa shape index (κ2) is 4.96. The largest absolute Gasteiger partial charge is 0.322 e. The van der Waals surface area contributed by atoms with Crippen molar-refractivity contribution in [2.75, 3.05) is 0 Å². The van der Waals surface area contributed by atoms with Crippen molar-refractivity contribution >= 4 is 46.0 Å². The van der Waals surface area contributed by atoms with E-state index in [1.807, 2.05) is 16.7 Å². The Kier molecular flexibility index (Phi) is 3.31. The van der Waals surface area contributed by atoms with Crippen LogP contribution in [0.2, 0.25) is 15.2 Å². The van der Waals surface area contributed by atoms with Crippen molar-refractivity contribution in [2.24, 2.45) is 0 Å². The Morgan fingerprint density at radius 3 is 2.63 bits per heavy atom. The molecule has 2 aromatic heterocycles. The summed E-state index contributed by atoms with van der Waals surface area (Å²) < 4.78 is 1.87. The molecule has 0 aliphatic heterocycles. The predicted octanol–water partition coefficient (Wildman–Crippen LogP) is 3.83. The van der Waals surface area contributed by atoms with Gasteiger partial charge in [0.05, 0.1) is 16.4 Å². The third-order valence-electron chi connectivity index (χ3n) is 2.70. The molecule has 0 atom stereocenters. The van der Waals surface area contributed by atoms with Gasteiger partial charge < -0.3 is 4.57 Å². The number of fused-ring (bicyclic) bond motifs is 1. The maximum atomic E-state index is 6.07. The van der Waals surface area contributed by atoms with Crippen molar-refractivity contribution in [1.82, 2.24) is 19.5 Å². The first-order valence-corrected chi connectivity index (χ1v) is 6.54. The first kappa shape index (κ1) is 12.7. The van der Waals surface area contributed by atoms with Crippen molar-refractivity contribution in [3.63, 3.8) is 0 Å². The van der Waals surface area contributed by atoms with Crippen LogP contribution in [0.25, 0.3) is 11.2 Å². The molecule has 3 rings (SSSR count). The Labute approximate surface area is 124 Å². The summed E-state index contributed by atoms with van der Waals surface area (Å²) in [6.45, 7) is 0.570. The van der Waals surface area contributed by atoms with Crippen molar-refractivity contribution < 1.29 is 0 Å². The Balaban J connectivity index is 2.03. The minimum Gasteiger partial charge on any atom is -0.322 e. The lowest BCUT2D eigenvalue weighted by molar-refractivity contribution is 0.823. The second-order valence-corrected chi connectivity index (χ2v) is 5.13. The van der Waals surface area contributed by atoms with E-state index in [0.717, 1.165) is 5.56 Å². The molecule has 7 heteroatoms. The maximum Gasteiger partial charge on any atom is 0.182 e. The van der Waals surface area contributed by atoms with E-state index < -0.39 is 0 Å². The van der Waals surface area contributed by atoms with Crippen molar-refractivity contribution in [2.45, 2.75) is 6.54 Å². The van der Waals surface area contributed by atoms with Crippen LogP contribution < -0.4 is 0 Å². The zero-order chi connectivity index (χ0) is 13.4. The molecule has 4 nitrogen and oxygen atoms in total. The van der Waals surface area contributed by atoms with Gasteiger partial charge in [-0.15, -0.1) is 0 Å². The highest BCUT2D eigenvalue weighted by atomic mass is 35.5. The number of nitrogens with zero attached hydrogens (tertiary/aromatic N) is 4. The molecule has 96 valence electrons. The fourth-order valence-corrected chi connectivity index (χ4v) is 2.38. The van der Waals surface area contributed by atoms with Crippen molar-refractivity contribution in [3.05, 3.63) is 51.6 Å². The molecule has 0 radical (unpaired) electrons. The van der Waals surface area contributed by atoms with E-state index in [4.69, 9.17) is 34.8 Å². The standard InChI is InChI=1S/C12H7Cl3N4/c13-8-2-1-7(3-9(8)14)4-19-6-18-12-10(19)11(15)16-5-17-12/h1-3,5-6H,4H2. The smallest absolute Gasteiger partial charge is 0.182 e. The zero-order valence-corrected chi connectivity index (χ0v) is 11.8. The number of imidazole rings is 1. The Bertz CT molecular complexity index is 754. The highest BCUT2D eigenvalue weighted by molar-refractivity contribution is 6.42. The van der Waals surface area contributed by atoms with Crippen LogP contribution in [0.15, 0.2) is 30.9 Å². The summed E-state index contributed by atoms with van der Waals surface area (Å²) >= 11 is 18.0. The van der Waals surface area contributed by atoms with Crippen LogP contribution in [0.1, 0.15) is 5.56 Å². The van der Waals surface area contributed by atoms with E-state index in [9.17, 15) is 0 Å². The lowest BCUT2D eigenvalue weighted by Crippen LogP contribution is -1.99. The lowest BCUT2D eigenvalue weighted by Gasteiger charge is -2.06. The summed E-state index contributed by atoms with van der Waals surface area (Å²) in [4.78, 5) is 12.2. The molecular weight excluding hydrogens is 307 g/mol. The van der Waals surface area contributed by atoms with Gasteiger partial charge in [0.15, 0.2) is 10.8 Å². The number of hydrogen-bond donors (Lipinski definition) is 0. The van der Waals surface area contributed by atoms with Gasteiger partial charge in [-0.3, -0.25) is 0 Å². The molecule has 0 saturated carbocycles. The molecule has 19 heavy (non-hydrogen) atoms. The maximum absolute atomic E-state index is 6.07. The normalized spacial score (nSPS) is 11.1. The molecule has 0 amide bonds. The Hall–Kier alpha value is -1.36. The molecule has 0 aliphatic rings. The molecule has 0 unspecified atom stereocenters. The summed E-state index contributed by atoms with van der Waals surface area (Å²) in [5.41, 5.74) is 2.27. The number of benzene rings is 1. The molecule has 0 fully saturated rings. The van der Waals surface area contributed by atoms with Gasteiger partial charge >= 0.3 is 0 Å². The van der Waals surface area contributed by atoms with Gasteiger partial charge in [0.1, 0.15) is 11.8 Å². The Morgan fingerprint density at radius 1 is 1.00 bits per heavy atom. The van der Waals surface area contributed by atoms with Crippen LogP contribution in [0.5, 0.6) is 0 Å². The van der Waals surface area contributed by atoms with E-state index in [-0.39, 0.29) is 0 Å². The van der Waals surface area contributed by atoms with Crippen LogP contribution in [-0.4, -0.2) is 19.5 Å². The van der Waals surface area contributed by atoms with Crippen LogP contribution >= 0.6 is 34.8 Å². The summed E-state index contributed by atoms with van der Waals surface area (Å²) in [5, 5.41) is 1.43. The molecule has 3 aromatic rings. The molecule has 0 saturated heterocycles. The van der Waals surface area contributed by atoms with Crippen LogP contribution in [0, 0.1) is 0 Å². The average Bonchev–Trinajstić information content (AvgIpc) is 2.79. The summed E-state index contributed by atoms with van der Waals surface area (Å²) in [5.74, 6) is 0. The molecule has 0 aliphatic carbocycles. The average molecular weight is 314 g/mol. The van der Waals surface area contributed by atoms with E-state index in [1.54, 1.807) is 12.4 Å². The zero-order valence-electron chi connectivity index (χ0n) is 9.52. The quantitative estimate of drug-likeness (QED) is 0.675. The van der Waals surface area contributed by atoms with E-state index in [0.29, 0.717) is 32.9 Å². The molecule has 1 aromatic carbocycles. The summed E-state index contributed by atoms with van der Waals surface area (Å²) in [7, 11) is 0. The lowest BCUT2D eigenvalue weighted by atomic mass is 10.2. The minimum absolute atomic E-state index is 0.377.